The lowest BCUT2D eigenvalue weighted by Gasteiger charge is -2.45. The topological polar surface area (TPSA) is 101 Å². The molecule has 2 N–H and O–H groups in total. The number of anilines is 1. The molecule has 0 spiro atoms. The highest BCUT2D eigenvalue weighted by atomic mass is 19.3. The molecule has 0 radical (unpaired) electrons. The number of carbonyl (C=O) groups is 1. The maximum absolute atomic E-state index is 15.1. The third-order valence-corrected chi connectivity index (χ3v) is 7.96. The zero-order chi connectivity index (χ0) is 27.5. The van der Waals surface area contributed by atoms with Crippen LogP contribution in [0.25, 0.3) is 33.2 Å². The summed E-state index contributed by atoms with van der Waals surface area (Å²) in [5.41, 5.74) is 1.46. The summed E-state index contributed by atoms with van der Waals surface area (Å²) in [5, 5.41) is 3.86. The molecule has 0 atom stereocenters. The maximum atomic E-state index is 15.1. The van der Waals surface area contributed by atoms with E-state index in [0.29, 0.717) is 46.8 Å². The Balaban J connectivity index is 1.29. The summed E-state index contributed by atoms with van der Waals surface area (Å²) in [4.78, 5) is 31.3. The number of imidazole rings is 1. The number of aromatic nitrogens is 5. The molecule has 1 aliphatic carbocycles. The molecule has 4 heterocycles. The van der Waals surface area contributed by atoms with E-state index in [0.717, 1.165) is 25.9 Å². The van der Waals surface area contributed by atoms with Crippen molar-refractivity contribution in [1.82, 2.24) is 29.4 Å². The van der Waals surface area contributed by atoms with Crippen LogP contribution in [0.1, 0.15) is 38.4 Å². The summed E-state index contributed by atoms with van der Waals surface area (Å²) in [6.45, 7) is 4.68. The van der Waals surface area contributed by atoms with Crippen LogP contribution in [-0.4, -0.2) is 68.0 Å². The number of rotatable bonds is 7. The first-order valence-corrected chi connectivity index (χ1v) is 13.1. The quantitative estimate of drug-likeness (QED) is 0.345. The molecule has 6 rings (SSSR count). The van der Waals surface area contributed by atoms with Crippen molar-refractivity contribution < 1.29 is 22.7 Å². The number of H-pyrrole nitrogens is 1. The van der Waals surface area contributed by atoms with Crippen molar-refractivity contribution >= 4 is 33.9 Å². The Morgan fingerprint density at radius 2 is 1.97 bits per heavy atom. The van der Waals surface area contributed by atoms with Crippen LogP contribution in [0.2, 0.25) is 0 Å². The number of nitrogens with one attached hydrogen (secondary N) is 2. The van der Waals surface area contributed by atoms with E-state index in [2.05, 4.69) is 25.3 Å². The molecule has 12 heteroatoms. The summed E-state index contributed by atoms with van der Waals surface area (Å²) in [5.74, 6) is 0.566. The number of ether oxygens (including phenoxy) is 1. The maximum Gasteiger partial charge on any atom is 0.256 e. The average molecular weight is 542 g/mol. The Morgan fingerprint density at radius 3 is 2.67 bits per heavy atom. The first-order chi connectivity index (χ1) is 18.7. The van der Waals surface area contributed by atoms with E-state index in [-0.39, 0.29) is 34.3 Å². The van der Waals surface area contributed by atoms with E-state index in [9.17, 15) is 13.6 Å². The molecule has 1 saturated heterocycles. The molecule has 2 aliphatic rings. The van der Waals surface area contributed by atoms with Gasteiger partial charge in [-0.2, -0.15) is 9.97 Å². The second-order valence-corrected chi connectivity index (χ2v) is 10.8. The van der Waals surface area contributed by atoms with Gasteiger partial charge >= 0.3 is 0 Å². The van der Waals surface area contributed by atoms with E-state index in [4.69, 9.17) is 4.74 Å². The van der Waals surface area contributed by atoms with Crippen LogP contribution in [0, 0.1) is 18.2 Å². The van der Waals surface area contributed by atoms with Crippen LogP contribution in [0.5, 0.6) is 5.88 Å². The number of likely N-dealkylation sites (tertiary alicyclic amines) is 1. The van der Waals surface area contributed by atoms with Crippen LogP contribution in [-0.2, 0) is 11.3 Å². The lowest BCUT2D eigenvalue weighted by molar-refractivity contribution is -0.145. The third-order valence-electron chi connectivity index (χ3n) is 7.96. The average Bonchev–Trinajstić information content (AvgIpc) is 3.62. The number of amides is 1. The van der Waals surface area contributed by atoms with Gasteiger partial charge in [0.1, 0.15) is 17.0 Å². The zero-order valence-electron chi connectivity index (χ0n) is 22.0. The first-order valence-electron chi connectivity index (χ1n) is 13.1. The van der Waals surface area contributed by atoms with E-state index in [1.165, 1.54) is 17.7 Å². The lowest BCUT2D eigenvalue weighted by Crippen LogP contribution is -2.53. The van der Waals surface area contributed by atoms with Gasteiger partial charge in [0.2, 0.25) is 17.7 Å². The molecule has 2 fully saturated rings. The van der Waals surface area contributed by atoms with Crippen molar-refractivity contribution in [2.45, 2.75) is 58.5 Å². The monoisotopic (exact) mass is 541 g/mol. The van der Waals surface area contributed by atoms with Gasteiger partial charge in [-0.3, -0.25) is 4.79 Å². The van der Waals surface area contributed by atoms with Crippen molar-refractivity contribution in [3.63, 3.8) is 0 Å². The molecule has 0 unspecified atom stereocenters. The second-order valence-electron chi connectivity index (χ2n) is 10.8. The number of aromatic amines is 1. The van der Waals surface area contributed by atoms with Crippen molar-refractivity contribution in [2.24, 2.45) is 5.41 Å². The van der Waals surface area contributed by atoms with Gasteiger partial charge in [0.15, 0.2) is 5.82 Å². The number of hydrogen-bond donors (Lipinski definition) is 2. The largest absolute Gasteiger partial charge is 0.480 e. The fourth-order valence-corrected chi connectivity index (χ4v) is 6.05. The summed E-state index contributed by atoms with van der Waals surface area (Å²) in [7, 11) is 1.49. The molecule has 1 aliphatic heterocycles. The number of hydrogen-bond acceptors (Lipinski definition) is 6. The highest BCUT2D eigenvalue weighted by molar-refractivity contribution is 5.99. The molecular weight excluding hydrogens is 511 g/mol. The number of methoxy groups -OCH3 is 1. The molecule has 4 aromatic rings. The van der Waals surface area contributed by atoms with Crippen molar-refractivity contribution in [3.05, 3.63) is 30.0 Å². The Labute approximate surface area is 222 Å². The minimum atomic E-state index is -2.60. The molecule has 39 heavy (non-hydrogen) atoms. The highest BCUT2D eigenvalue weighted by Gasteiger charge is 2.48. The minimum Gasteiger partial charge on any atom is -0.480 e. The van der Waals surface area contributed by atoms with Crippen LogP contribution >= 0.6 is 0 Å². The lowest BCUT2D eigenvalue weighted by atomic mass is 9.66. The van der Waals surface area contributed by atoms with Gasteiger partial charge in [-0.25, -0.2) is 18.2 Å². The van der Waals surface area contributed by atoms with Crippen LogP contribution < -0.4 is 10.1 Å². The molecular formula is C27H30F3N7O2. The van der Waals surface area contributed by atoms with Crippen LogP contribution in [0.3, 0.4) is 0 Å². The van der Waals surface area contributed by atoms with Gasteiger partial charge in [-0.15, -0.1) is 0 Å². The Bertz CT molecular complexity index is 1570. The van der Waals surface area contributed by atoms with E-state index in [1.807, 2.05) is 11.8 Å². The van der Waals surface area contributed by atoms with Crippen LogP contribution in [0.15, 0.2) is 18.3 Å². The number of fused-ring (bicyclic) bond motifs is 2. The van der Waals surface area contributed by atoms with Gasteiger partial charge < -0.3 is 24.5 Å². The Morgan fingerprint density at radius 1 is 1.23 bits per heavy atom. The number of carbonyl (C=O) groups excluding carboxylic acids is 1. The zero-order valence-corrected chi connectivity index (χ0v) is 22.0. The number of alkyl halides is 2. The van der Waals surface area contributed by atoms with Crippen LogP contribution in [0.4, 0.5) is 19.1 Å². The van der Waals surface area contributed by atoms with Gasteiger partial charge in [0.05, 0.1) is 30.0 Å². The van der Waals surface area contributed by atoms with Crippen molar-refractivity contribution in [2.75, 3.05) is 25.5 Å². The minimum absolute atomic E-state index is 0.0437. The highest BCUT2D eigenvalue weighted by Crippen LogP contribution is 2.44. The molecule has 1 saturated carbocycles. The smallest absolute Gasteiger partial charge is 0.256 e. The normalized spacial score (nSPS) is 21.2. The Kier molecular flexibility index (Phi) is 6.15. The fourth-order valence-electron chi connectivity index (χ4n) is 6.05. The molecule has 1 aromatic carbocycles. The van der Waals surface area contributed by atoms with Crippen molar-refractivity contribution in [3.8, 4) is 17.0 Å². The van der Waals surface area contributed by atoms with Crippen molar-refractivity contribution in [1.29, 1.82) is 0 Å². The summed E-state index contributed by atoms with van der Waals surface area (Å²) >= 11 is 0. The van der Waals surface area contributed by atoms with Gasteiger partial charge in [0.25, 0.3) is 6.43 Å². The number of nitrogens with zero attached hydrogens (tertiary/aromatic N) is 5. The first kappa shape index (κ1) is 25.4. The fraction of sp³-hybridized carbons (Fsp3) is 0.481. The summed E-state index contributed by atoms with van der Waals surface area (Å²) in [6.07, 6.45) is 2.57. The molecule has 206 valence electrons. The van der Waals surface area contributed by atoms with E-state index in [1.54, 1.807) is 19.2 Å². The number of halogens is 3. The van der Waals surface area contributed by atoms with E-state index < -0.39 is 18.8 Å². The van der Waals surface area contributed by atoms with Gasteiger partial charge in [-0.05, 0) is 50.3 Å². The summed E-state index contributed by atoms with van der Waals surface area (Å²) in [6, 6.07) is 3.01. The number of benzene rings is 1. The molecule has 1 amide bonds. The van der Waals surface area contributed by atoms with Gasteiger partial charge in [-0.1, -0.05) is 6.92 Å². The number of aryl methyl sites for hydroxylation is 1. The van der Waals surface area contributed by atoms with Gasteiger partial charge in [0, 0.05) is 30.9 Å². The second kappa shape index (κ2) is 9.42. The summed E-state index contributed by atoms with van der Waals surface area (Å²) < 4.78 is 48.3. The standard InChI is InChI=1S/C27H30F3N7O2/c1-14-32-22-18(28)8-15(9-19(22)37(14)13-20(29)30)17-12-31-23-21(17)24(39-3)35-26(34-23)33-16-10-27(2,11-16)25(38)36-6-4-5-7-36/h8-9,12,16,20H,4-7,10-11,13H2,1-3H3,(H2,31,33,34,35). The Hall–Kier alpha value is -3.83. The molecule has 3 aromatic heterocycles. The third kappa shape index (κ3) is 4.35. The van der Waals surface area contributed by atoms with E-state index >= 15 is 4.39 Å². The SMILES string of the molecule is COc1nc(NC2CC(C)(C(=O)N3CCCC3)C2)nc2[nH]cc(-c3cc(F)c4nc(C)n(CC(F)F)c4c3)c12. The molecule has 9 nitrogen and oxygen atoms in total. The predicted octanol–water partition coefficient (Wildman–Crippen LogP) is 4.90. The molecule has 0 bridgehead atoms. The predicted molar refractivity (Wildman–Crippen MR) is 140 cm³/mol.